The van der Waals surface area contributed by atoms with Crippen molar-refractivity contribution in [1.82, 2.24) is 19.7 Å². The highest BCUT2D eigenvalue weighted by Gasteiger charge is 2.31. The van der Waals surface area contributed by atoms with Crippen molar-refractivity contribution in [3.63, 3.8) is 0 Å². The molecule has 1 atom stereocenters. The maximum atomic E-state index is 13.0. The van der Waals surface area contributed by atoms with Crippen molar-refractivity contribution in [3.05, 3.63) is 70.3 Å². The molecule has 2 aromatic heterocycles. The van der Waals surface area contributed by atoms with E-state index in [1.54, 1.807) is 31.2 Å². The molecule has 7 nitrogen and oxygen atoms in total. The van der Waals surface area contributed by atoms with E-state index in [-0.39, 0.29) is 36.0 Å². The predicted octanol–water partition coefficient (Wildman–Crippen LogP) is 4.70. The van der Waals surface area contributed by atoms with Gasteiger partial charge in [0.1, 0.15) is 0 Å². The predicted molar refractivity (Wildman–Crippen MR) is 117 cm³/mol. The molecular formula is C22H19F3N4O3S. The number of para-hydroxylation sites is 1. The van der Waals surface area contributed by atoms with Gasteiger partial charge in [0.25, 0.3) is 5.56 Å². The lowest BCUT2D eigenvalue weighted by Crippen LogP contribution is -2.24. The Labute approximate surface area is 190 Å². The lowest BCUT2D eigenvalue weighted by atomic mass is 10.1. The highest BCUT2D eigenvalue weighted by atomic mass is 32.2. The first kappa shape index (κ1) is 23.0. The number of halogens is 3. The summed E-state index contributed by atoms with van der Waals surface area (Å²) in [7, 11) is 0. The number of fused-ring (bicyclic) bond motifs is 1. The molecular weight excluding hydrogens is 457 g/mol. The summed E-state index contributed by atoms with van der Waals surface area (Å²) in [5, 5.41) is 13.5. The maximum Gasteiger partial charge on any atom is 0.416 e. The lowest BCUT2D eigenvalue weighted by molar-refractivity contribution is -0.137. The topological polar surface area (TPSA) is 94.0 Å². The van der Waals surface area contributed by atoms with E-state index in [0.29, 0.717) is 22.5 Å². The van der Waals surface area contributed by atoms with Gasteiger partial charge < -0.3 is 9.63 Å². The summed E-state index contributed by atoms with van der Waals surface area (Å²) < 4.78 is 45.8. The Morgan fingerprint density at radius 1 is 1.15 bits per heavy atom. The van der Waals surface area contributed by atoms with Crippen molar-refractivity contribution in [2.45, 2.75) is 36.5 Å². The summed E-state index contributed by atoms with van der Waals surface area (Å²) in [4.78, 5) is 21.8. The summed E-state index contributed by atoms with van der Waals surface area (Å²) in [5.74, 6) is 0.219. The van der Waals surface area contributed by atoms with E-state index in [9.17, 15) is 23.1 Å². The minimum Gasteiger partial charge on any atom is -0.396 e. The minimum absolute atomic E-state index is 0.0349. The van der Waals surface area contributed by atoms with E-state index >= 15 is 0 Å². The molecule has 0 amide bonds. The van der Waals surface area contributed by atoms with Gasteiger partial charge in [-0.05, 0) is 37.6 Å². The molecule has 0 aliphatic heterocycles. The van der Waals surface area contributed by atoms with E-state index in [4.69, 9.17) is 4.52 Å². The van der Waals surface area contributed by atoms with Crippen LogP contribution in [0, 0.1) is 0 Å². The van der Waals surface area contributed by atoms with Crippen LogP contribution < -0.4 is 5.56 Å². The second kappa shape index (κ2) is 9.36. The van der Waals surface area contributed by atoms with Crippen molar-refractivity contribution in [3.8, 4) is 11.4 Å². The Hall–Kier alpha value is -3.18. The highest BCUT2D eigenvalue weighted by molar-refractivity contribution is 7.99. The van der Waals surface area contributed by atoms with Gasteiger partial charge in [-0.1, -0.05) is 41.2 Å². The zero-order chi connectivity index (χ0) is 23.6. The van der Waals surface area contributed by atoms with Crippen LogP contribution in [0.4, 0.5) is 13.2 Å². The minimum atomic E-state index is -4.48. The van der Waals surface area contributed by atoms with Crippen molar-refractivity contribution < 1.29 is 22.8 Å². The van der Waals surface area contributed by atoms with Crippen LogP contribution in [0.2, 0.25) is 0 Å². The fourth-order valence-corrected chi connectivity index (χ4v) is 4.19. The first-order valence-corrected chi connectivity index (χ1v) is 10.9. The summed E-state index contributed by atoms with van der Waals surface area (Å²) in [6.07, 6.45) is -4.10. The van der Waals surface area contributed by atoms with Crippen LogP contribution in [0.1, 0.15) is 30.0 Å². The molecule has 4 aromatic rings. The number of alkyl halides is 3. The molecule has 33 heavy (non-hydrogen) atoms. The van der Waals surface area contributed by atoms with Gasteiger partial charge in [0, 0.05) is 18.7 Å². The van der Waals surface area contributed by atoms with Crippen molar-refractivity contribution >= 4 is 22.7 Å². The van der Waals surface area contributed by atoms with Gasteiger partial charge in [-0.2, -0.15) is 18.2 Å². The maximum absolute atomic E-state index is 13.0. The molecule has 1 unspecified atom stereocenters. The van der Waals surface area contributed by atoms with Gasteiger partial charge >= 0.3 is 6.18 Å². The standard InChI is InChI=1S/C22H19F3N4O3S/c1-13(19-27-18(28-32-19)14-6-4-7-15(12-14)22(23,24)25)33-21-26-17-9-3-2-8-16(17)20(31)29(21)10-5-11-30/h2-4,6-9,12-13,30H,5,10-11H2,1H3. The van der Waals surface area contributed by atoms with Crippen LogP contribution in [0.5, 0.6) is 0 Å². The van der Waals surface area contributed by atoms with Crippen molar-refractivity contribution in [1.29, 1.82) is 0 Å². The molecule has 0 aliphatic rings. The van der Waals surface area contributed by atoms with E-state index in [2.05, 4.69) is 15.1 Å². The normalized spacial score (nSPS) is 12.9. The first-order chi connectivity index (χ1) is 15.8. The number of aliphatic hydroxyl groups is 1. The Balaban J connectivity index is 1.64. The third-order valence-corrected chi connectivity index (χ3v) is 5.96. The summed E-state index contributed by atoms with van der Waals surface area (Å²) in [6, 6.07) is 11.7. The monoisotopic (exact) mass is 476 g/mol. The Kier molecular flexibility index (Phi) is 6.52. The SMILES string of the molecule is CC(Sc1nc2ccccc2c(=O)n1CCCO)c1nc(-c2cccc(C(F)(F)F)c2)no1. The fourth-order valence-electron chi connectivity index (χ4n) is 3.22. The molecule has 172 valence electrons. The number of thioether (sulfide) groups is 1. The molecule has 0 spiro atoms. The lowest BCUT2D eigenvalue weighted by Gasteiger charge is -2.14. The third kappa shape index (κ3) is 4.93. The van der Waals surface area contributed by atoms with Crippen molar-refractivity contribution in [2.24, 2.45) is 0 Å². The van der Waals surface area contributed by atoms with E-state index in [0.717, 1.165) is 12.1 Å². The molecule has 0 aliphatic carbocycles. The number of benzene rings is 2. The smallest absolute Gasteiger partial charge is 0.396 e. The molecule has 0 radical (unpaired) electrons. The molecule has 4 rings (SSSR count). The molecule has 2 aromatic carbocycles. The number of rotatable bonds is 7. The number of aliphatic hydroxyl groups excluding tert-OH is 1. The second-order valence-corrected chi connectivity index (χ2v) is 8.55. The fraction of sp³-hybridized carbons (Fsp3) is 0.273. The van der Waals surface area contributed by atoms with E-state index in [1.807, 2.05) is 0 Å². The van der Waals surface area contributed by atoms with Crippen molar-refractivity contribution in [2.75, 3.05) is 6.61 Å². The summed E-state index contributed by atoms with van der Waals surface area (Å²) in [6.45, 7) is 1.97. The Morgan fingerprint density at radius 2 is 1.94 bits per heavy atom. The largest absolute Gasteiger partial charge is 0.416 e. The molecule has 1 N–H and O–H groups in total. The van der Waals surface area contributed by atoms with Gasteiger partial charge in [0.2, 0.25) is 11.7 Å². The van der Waals surface area contributed by atoms with Crippen LogP contribution in [-0.4, -0.2) is 31.4 Å². The van der Waals surface area contributed by atoms with Crippen LogP contribution in [0.15, 0.2) is 63.0 Å². The van der Waals surface area contributed by atoms with Gasteiger partial charge in [-0.25, -0.2) is 4.98 Å². The van der Waals surface area contributed by atoms with Gasteiger partial charge in [-0.3, -0.25) is 9.36 Å². The summed E-state index contributed by atoms with van der Waals surface area (Å²) in [5.41, 5.74) is -0.311. The summed E-state index contributed by atoms with van der Waals surface area (Å²) >= 11 is 1.21. The average molecular weight is 476 g/mol. The van der Waals surface area contributed by atoms with Crippen LogP contribution in [-0.2, 0) is 12.7 Å². The van der Waals surface area contributed by atoms with E-state index < -0.39 is 17.0 Å². The Bertz CT molecular complexity index is 1340. The zero-order valence-electron chi connectivity index (χ0n) is 17.4. The molecule has 0 fully saturated rings. The number of aromatic nitrogens is 4. The number of hydrogen-bond acceptors (Lipinski definition) is 7. The zero-order valence-corrected chi connectivity index (χ0v) is 18.2. The average Bonchev–Trinajstić information content (AvgIpc) is 3.29. The van der Waals surface area contributed by atoms with Gasteiger partial charge in [0.05, 0.1) is 21.7 Å². The highest BCUT2D eigenvalue weighted by Crippen LogP contribution is 2.35. The molecule has 2 heterocycles. The molecule has 11 heteroatoms. The molecule has 0 saturated carbocycles. The van der Waals surface area contributed by atoms with Crippen LogP contribution in [0.3, 0.4) is 0 Å². The Morgan fingerprint density at radius 3 is 2.70 bits per heavy atom. The van der Waals surface area contributed by atoms with Gasteiger partial charge in [-0.15, -0.1) is 0 Å². The third-order valence-electron chi connectivity index (χ3n) is 4.89. The quantitative estimate of drug-likeness (QED) is 0.305. The number of hydrogen-bond donors (Lipinski definition) is 1. The van der Waals surface area contributed by atoms with Crippen LogP contribution in [0.25, 0.3) is 22.3 Å². The molecule has 0 saturated heterocycles. The van der Waals surface area contributed by atoms with Crippen LogP contribution >= 0.6 is 11.8 Å². The number of nitrogens with zero attached hydrogens (tertiary/aromatic N) is 4. The first-order valence-electron chi connectivity index (χ1n) is 10.1. The van der Waals surface area contributed by atoms with E-state index in [1.165, 1.54) is 28.5 Å². The van der Waals surface area contributed by atoms with Gasteiger partial charge in [0.15, 0.2) is 5.16 Å². The molecule has 0 bridgehead atoms. The second-order valence-electron chi connectivity index (χ2n) is 7.24.